The number of carbonyl (C=O) groups excluding carboxylic acids is 1. The maximum Gasteiger partial charge on any atom is 0.340 e. The summed E-state index contributed by atoms with van der Waals surface area (Å²) >= 11 is 0. The second kappa shape index (κ2) is 9.75. The van der Waals surface area contributed by atoms with Gasteiger partial charge >= 0.3 is 5.97 Å². The summed E-state index contributed by atoms with van der Waals surface area (Å²) in [5.74, 6) is -0.137. The number of aromatic nitrogens is 1. The van der Waals surface area contributed by atoms with Crippen LogP contribution in [-0.2, 0) is 20.3 Å². The standard InChI is InChI=1S/C29H45NO4Si/c1-9-33-27(31)25-23(20-11-15-32-16-12-20)24-21(30-26(25)19(2)3)17-29(13-10-14-29)18-22(24)34-35(7,8)28(4,5)6/h11,19,22H,9-10,12-18H2,1-8H3/t22-/m0/s1. The predicted octanol–water partition coefficient (Wildman–Crippen LogP) is 7.36. The van der Waals surface area contributed by atoms with E-state index in [1.807, 2.05) is 6.92 Å². The van der Waals surface area contributed by atoms with Crippen molar-refractivity contribution in [3.05, 3.63) is 34.2 Å². The molecule has 0 saturated heterocycles. The lowest BCUT2D eigenvalue weighted by Gasteiger charge is -2.51. The van der Waals surface area contributed by atoms with Crippen molar-refractivity contribution in [3.8, 4) is 0 Å². The molecule has 0 bridgehead atoms. The zero-order chi connectivity index (χ0) is 25.6. The van der Waals surface area contributed by atoms with Crippen LogP contribution in [0.15, 0.2) is 6.08 Å². The molecule has 1 atom stereocenters. The Kier molecular flexibility index (Phi) is 7.40. The normalized spacial score (nSPS) is 22.0. The highest BCUT2D eigenvalue weighted by atomic mass is 28.4. The molecule has 1 aromatic heterocycles. The van der Waals surface area contributed by atoms with Gasteiger partial charge in [0.25, 0.3) is 0 Å². The fourth-order valence-electron chi connectivity index (χ4n) is 5.68. The largest absolute Gasteiger partial charge is 0.462 e. The number of hydrogen-bond acceptors (Lipinski definition) is 5. The van der Waals surface area contributed by atoms with Gasteiger partial charge in [-0.2, -0.15) is 0 Å². The highest BCUT2D eigenvalue weighted by Gasteiger charge is 2.49. The number of fused-ring (bicyclic) bond motifs is 1. The van der Waals surface area contributed by atoms with Crippen molar-refractivity contribution in [2.45, 2.75) is 110 Å². The smallest absolute Gasteiger partial charge is 0.340 e. The lowest BCUT2D eigenvalue weighted by molar-refractivity contribution is 0.0296. The molecule has 3 aliphatic rings. The Morgan fingerprint density at radius 3 is 2.51 bits per heavy atom. The molecule has 0 radical (unpaired) electrons. The van der Waals surface area contributed by atoms with Crippen molar-refractivity contribution in [2.24, 2.45) is 5.41 Å². The van der Waals surface area contributed by atoms with Crippen molar-refractivity contribution in [1.29, 1.82) is 0 Å². The van der Waals surface area contributed by atoms with E-state index in [2.05, 4.69) is 53.8 Å². The van der Waals surface area contributed by atoms with Crippen molar-refractivity contribution < 1.29 is 18.7 Å². The zero-order valence-corrected chi connectivity index (χ0v) is 24.2. The van der Waals surface area contributed by atoms with Gasteiger partial charge in [-0.3, -0.25) is 4.98 Å². The first-order chi connectivity index (χ1) is 16.4. The van der Waals surface area contributed by atoms with Crippen LogP contribution in [0.5, 0.6) is 0 Å². The van der Waals surface area contributed by atoms with E-state index in [9.17, 15) is 4.79 Å². The highest BCUT2D eigenvalue weighted by Crippen LogP contribution is 2.57. The Labute approximate surface area is 213 Å². The molecule has 2 aliphatic carbocycles. The summed E-state index contributed by atoms with van der Waals surface area (Å²) in [6.07, 6.45) is 8.69. The third-order valence-electron chi connectivity index (χ3n) is 8.79. The molecule has 0 unspecified atom stereocenters. The van der Waals surface area contributed by atoms with Gasteiger partial charge in [0.05, 0.1) is 37.2 Å². The molecule has 1 spiro atoms. The van der Waals surface area contributed by atoms with Gasteiger partial charge in [0.2, 0.25) is 0 Å². The van der Waals surface area contributed by atoms with E-state index in [1.165, 1.54) is 24.8 Å². The summed E-state index contributed by atoms with van der Waals surface area (Å²) in [7, 11) is -2.07. The van der Waals surface area contributed by atoms with Crippen LogP contribution in [0.25, 0.3) is 5.57 Å². The van der Waals surface area contributed by atoms with Gasteiger partial charge in [-0.15, -0.1) is 0 Å². The summed E-state index contributed by atoms with van der Waals surface area (Å²) in [5.41, 5.74) is 6.35. The van der Waals surface area contributed by atoms with Crippen molar-refractivity contribution in [3.63, 3.8) is 0 Å². The first-order valence-corrected chi connectivity index (χ1v) is 16.5. The number of carbonyl (C=O) groups is 1. The summed E-state index contributed by atoms with van der Waals surface area (Å²) in [5, 5.41) is 0.102. The van der Waals surface area contributed by atoms with E-state index in [0.29, 0.717) is 25.4 Å². The summed E-state index contributed by atoms with van der Waals surface area (Å²) in [6, 6.07) is 0. The fraction of sp³-hybridized carbons (Fsp3) is 0.724. The molecule has 0 amide bonds. The van der Waals surface area contributed by atoms with Gasteiger partial charge in [0.15, 0.2) is 8.32 Å². The quantitative estimate of drug-likeness (QED) is 0.302. The van der Waals surface area contributed by atoms with Crippen LogP contribution in [0.3, 0.4) is 0 Å². The minimum Gasteiger partial charge on any atom is -0.462 e. The molecule has 1 aliphatic heterocycles. The summed E-state index contributed by atoms with van der Waals surface area (Å²) < 4.78 is 18.5. The number of rotatable bonds is 6. The average molecular weight is 500 g/mol. The van der Waals surface area contributed by atoms with Crippen LogP contribution in [0, 0.1) is 5.41 Å². The van der Waals surface area contributed by atoms with Crippen LogP contribution < -0.4 is 0 Å². The maximum atomic E-state index is 13.5. The second-order valence-corrected chi connectivity index (χ2v) is 17.4. The topological polar surface area (TPSA) is 57.7 Å². The fourth-order valence-corrected chi connectivity index (χ4v) is 6.94. The van der Waals surface area contributed by atoms with Gasteiger partial charge in [-0.1, -0.05) is 47.1 Å². The zero-order valence-electron chi connectivity index (χ0n) is 23.2. The Balaban J connectivity index is 1.99. The molecule has 5 nitrogen and oxygen atoms in total. The van der Waals surface area contributed by atoms with Crippen LogP contribution in [-0.4, -0.2) is 39.1 Å². The number of esters is 1. The van der Waals surface area contributed by atoms with Crippen LogP contribution >= 0.6 is 0 Å². The summed E-state index contributed by atoms with van der Waals surface area (Å²) in [4.78, 5) is 18.8. The Hall–Kier alpha value is -1.50. The van der Waals surface area contributed by atoms with E-state index in [1.54, 1.807) is 0 Å². The van der Waals surface area contributed by atoms with E-state index in [4.69, 9.17) is 18.9 Å². The molecule has 1 fully saturated rings. The first kappa shape index (κ1) is 26.6. The van der Waals surface area contributed by atoms with E-state index in [-0.39, 0.29) is 28.4 Å². The molecule has 6 heteroatoms. The number of nitrogens with zero attached hydrogens (tertiary/aromatic N) is 1. The number of hydrogen-bond donors (Lipinski definition) is 0. The molecule has 1 saturated carbocycles. The predicted molar refractivity (Wildman–Crippen MR) is 143 cm³/mol. The van der Waals surface area contributed by atoms with Gasteiger partial charge < -0.3 is 13.9 Å². The van der Waals surface area contributed by atoms with Crippen molar-refractivity contribution in [2.75, 3.05) is 19.8 Å². The molecule has 0 aromatic carbocycles. The average Bonchev–Trinajstić information content (AvgIpc) is 2.76. The molecule has 194 valence electrons. The number of ether oxygens (including phenoxy) is 2. The molecular weight excluding hydrogens is 454 g/mol. The molecular formula is C29H45NO4Si. The maximum absolute atomic E-state index is 13.5. The Morgan fingerprint density at radius 1 is 1.29 bits per heavy atom. The lowest BCUT2D eigenvalue weighted by Crippen LogP contribution is -2.46. The van der Waals surface area contributed by atoms with Gasteiger partial charge in [-0.05, 0) is 74.1 Å². The highest BCUT2D eigenvalue weighted by molar-refractivity contribution is 6.74. The minimum absolute atomic E-state index is 0.0411. The Morgan fingerprint density at radius 2 is 2.00 bits per heavy atom. The van der Waals surface area contributed by atoms with Gasteiger partial charge in [-0.25, -0.2) is 4.79 Å². The third kappa shape index (κ3) is 5.03. The molecule has 35 heavy (non-hydrogen) atoms. The molecule has 0 N–H and O–H groups in total. The van der Waals surface area contributed by atoms with Crippen LogP contribution in [0.1, 0.15) is 119 Å². The molecule has 2 heterocycles. The molecule has 4 rings (SSSR count). The van der Waals surface area contributed by atoms with Crippen molar-refractivity contribution in [1.82, 2.24) is 4.98 Å². The second-order valence-electron chi connectivity index (χ2n) is 12.6. The number of pyridine rings is 1. The van der Waals surface area contributed by atoms with Crippen molar-refractivity contribution >= 4 is 19.9 Å². The Bertz CT molecular complexity index is 1000. The van der Waals surface area contributed by atoms with Crippen LogP contribution in [0.4, 0.5) is 0 Å². The molecule has 1 aromatic rings. The SMILES string of the molecule is CCOC(=O)c1c(C(C)C)nc2c(c1C1=CCOCC1)[C@@H](O[Si](C)(C)C(C)(C)C)CC1(CCC1)C2. The van der Waals surface area contributed by atoms with E-state index in [0.717, 1.165) is 41.8 Å². The third-order valence-corrected chi connectivity index (χ3v) is 13.3. The summed E-state index contributed by atoms with van der Waals surface area (Å²) in [6.45, 7) is 19.3. The van der Waals surface area contributed by atoms with E-state index < -0.39 is 8.32 Å². The lowest BCUT2D eigenvalue weighted by atomic mass is 9.59. The van der Waals surface area contributed by atoms with E-state index >= 15 is 0 Å². The van der Waals surface area contributed by atoms with Gasteiger partial charge in [0.1, 0.15) is 0 Å². The minimum atomic E-state index is -2.07. The van der Waals surface area contributed by atoms with Gasteiger partial charge in [0, 0.05) is 16.8 Å². The first-order valence-electron chi connectivity index (χ1n) is 13.6. The monoisotopic (exact) mass is 499 g/mol. The van der Waals surface area contributed by atoms with Crippen LogP contribution in [0.2, 0.25) is 18.1 Å².